The number of nitrogens with zero attached hydrogens (tertiary/aromatic N) is 2. The van der Waals surface area contributed by atoms with Crippen LogP contribution in [-0.4, -0.2) is 21.1 Å². The summed E-state index contributed by atoms with van der Waals surface area (Å²) < 4.78 is 33.5. The number of benzene rings is 4. The molecule has 7 nitrogen and oxygen atoms in total. The van der Waals surface area contributed by atoms with E-state index in [2.05, 4.69) is 81.1 Å². The molecule has 3 atom stereocenters. The number of halogens is 1. The molecule has 9 heteroatoms. The Morgan fingerprint density at radius 2 is 1.67 bits per heavy atom. The van der Waals surface area contributed by atoms with E-state index >= 15 is 0 Å². The number of nitrogens with one attached hydrogen (secondary N) is 1. The van der Waals surface area contributed by atoms with Crippen LogP contribution in [0.4, 0.5) is 0 Å². The van der Waals surface area contributed by atoms with Crippen molar-refractivity contribution >= 4 is 46.5 Å². The summed E-state index contributed by atoms with van der Waals surface area (Å²) in [5.74, 6) is 0.493. The first-order valence-electron chi connectivity index (χ1n) is 13.9. The van der Waals surface area contributed by atoms with Gasteiger partial charge in [0.2, 0.25) is 0 Å². The van der Waals surface area contributed by atoms with Crippen molar-refractivity contribution < 1.29 is 18.3 Å². The van der Waals surface area contributed by atoms with Crippen LogP contribution in [-0.2, 0) is 19.2 Å². The predicted octanol–water partition coefficient (Wildman–Crippen LogP) is 8.53. The first-order valence-corrected chi connectivity index (χ1v) is 16.6. The van der Waals surface area contributed by atoms with E-state index in [9.17, 15) is 4.57 Å². The van der Waals surface area contributed by atoms with Gasteiger partial charge in [0.05, 0.1) is 16.3 Å². The van der Waals surface area contributed by atoms with Crippen LogP contribution >= 0.6 is 30.2 Å². The molecule has 0 radical (unpaired) electrons. The lowest BCUT2D eigenvalue weighted by molar-refractivity contribution is 0.203. The molecule has 6 aromatic rings. The molecule has 43 heavy (non-hydrogen) atoms. The number of pyridine rings is 1. The highest BCUT2D eigenvalue weighted by Crippen LogP contribution is 2.72. The van der Waals surface area contributed by atoms with Gasteiger partial charge in [-0.05, 0) is 99.3 Å². The highest BCUT2D eigenvalue weighted by atomic mass is 127. The molecule has 4 aromatic carbocycles. The number of hydrogen-bond donors (Lipinski definition) is 1. The Kier molecular flexibility index (Phi) is 6.31. The number of aromatic amines is 1. The smallest absolute Gasteiger partial charge is 0.363 e. The van der Waals surface area contributed by atoms with Gasteiger partial charge in [0.25, 0.3) is 6.01 Å². The van der Waals surface area contributed by atoms with E-state index in [-0.39, 0.29) is 6.10 Å². The second-order valence-corrected chi connectivity index (χ2v) is 13.9. The molecule has 0 amide bonds. The molecular formula is C34H25IN3O4P. The van der Waals surface area contributed by atoms with Crippen molar-refractivity contribution in [2.45, 2.75) is 25.0 Å². The first kappa shape index (κ1) is 26.8. The third kappa shape index (κ3) is 4.69. The molecule has 1 N–H and O–H groups in total. The fraction of sp³-hybridized carbons (Fsp3) is 0.118. The van der Waals surface area contributed by atoms with Gasteiger partial charge in [0, 0.05) is 22.4 Å². The van der Waals surface area contributed by atoms with Gasteiger partial charge in [0.1, 0.15) is 17.5 Å². The van der Waals surface area contributed by atoms with Crippen molar-refractivity contribution in [2.75, 3.05) is 0 Å². The van der Waals surface area contributed by atoms with Crippen molar-refractivity contribution in [3.8, 4) is 34.0 Å². The first-order chi connectivity index (χ1) is 20.9. The van der Waals surface area contributed by atoms with Crippen LogP contribution in [0.5, 0.6) is 11.8 Å². The minimum atomic E-state index is -3.56. The summed E-state index contributed by atoms with van der Waals surface area (Å²) in [6, 6.07) is 32.6. The van der Waals surface area contributed by atoms with Crippen LogP contribution < -0.4 is 10.0 Å². The van der Waals surface area contributed by atoms with Crippen LogP contribution in [0, 0.1) is 10.5 Å². The molecule has 212 valence electrons. The van der Waals surface area contributed by atoms with E-state index in [1.54, 1.807) is 18.5 Å². The fourth-order valence-electron chi connectivity index (χ4n) is 5.74. The zero-order valence-electron chi connectivity index (χ0n) is 23.0. The van der Waals surface area contributed by atoms with E-state index in [4.69, 9.17) is 18.8 Å². The van der Waals surface area contributed by atoms with Gasteiger partial charge >= 0.3 is 7.60 Å². The molecule has 1 saturated carbocycles. The maximum atomic E-state index is 14.0. The highest BCUT2D eigenvalue weighted by molar-refractivity contribution is 14.1. The summed E-state index contributed by atoms with van der Waals surface area (Å²) in [5, 5.41) is 0.498. The molecular weight excluding hydrogens is 672 g/mol. The van der Waals surface area contributed by atoms with Gasteiger partial charge in [-0.1, -0.05) is 60.7 Å². The average Bonchev–Trinajstić information content (AvgIpc) is 3.40. The zero-order chi connectivity index (χ0) is 29.2. The maximum Gasteiger partial charge on any atom is 0.363 e. The monoisotopic (exact) mass is 697 g/mol. The van der Waals surface area contributed by atoms with Gasteiger partial charge in [-0.25, -0.2) is 0 Å². The number of aromatic nitrogens is 3. The molecule has 3 heterocycles. The number of ether oxygens (including phenoxy) is 1. The molecule has 2 aliphatic rings. The van der Waals surface area contributed by atoms with Crippen molar-refractivity contribution in [1.29, 1.82) is 0 Å². The Labute approximate surface area is 262 Å². The maximum absolute atomic E-state index is 14.0. The molecule has 3 unspecified atom stereocenters. The Hall–Kier alpha value is -3.82. The Balaban J connectivity index is 1.06. The topological polar surface area (TPSA) is 86.3 Å². The quantitative estimate of drug-likeness (QED) is 0.139. The SMILES string of the molecule is Cc1ccc(Oc2nc3cc(-c4ccc(-c5ccccc5)cc4)c(I)cc3[nH]2)cc1P1(=O)OC2CC2(c2ccncc2)O1. The number of rotatable bonds is 6. The van der Waals surface area contributed by atoms with E-state index in [0.29, 0.717) is 23.5 Å². The van der Waals surface area contributed by atoms with E-state index in [0.717, 1.165) is 36.9 Å². The number of aryl methyl sites for hydroxylation is 1. The Bertz CT molecular complexity index is 2050. The molecule has 1 aliphatic carbocycles. The third-order valence-corrected chi connectivity index (χ3v) is 11.2. The number of hydrogen-bond acceptors (Lipinski definition) is 6. The lowest BCUT2D eigenvalue weighted by atomic mass is 10.00. The number of imidazole rings is 1. The minimum absolute atomic E-state index is 0.244. The normalized spacial score (nSPS) is 22.4. The van der Waals surface area contributed by atoms with Crippen LogP contribution in [0.1, 0.15) is 17.5 Å². The number of fused-ring (bicyclic) bond motifs is 2. The van der Waals surface area contributed by atoms with E-state index in [1.807, 2.05) is 49.4 Å². The molecule has 2 aromatic heterocycles. The van der Waals surface area contributed by atoms with Gasteiger partial charge in [0.15, 0.2) is 0 Å². The zero-order valence-corrected chi connectivity index (χ0v) is 26.1. The van der Waals surface area contributed by atoms with Crippen LogP contribution in [0.2, 0.25) is 0 Å². The summed E-state index contributed by atoms with van der Waals surface area (Å²) in [6.07, 6.45) is 3.86. The average molecular weight is 697 g/mol. The summed E-state index contributed by atoms with van der Waals surface area (Å²) in [7, 11) is -3.56. The van der Waals surface area contributed by atoms with Gasteiger partial charge in [-0.2, -0.15) is 4.98 Å². The van der Waals surface area contributed by atoms with Crippen molar-refractivity contribution in [1.82, 2.24) is 15.0 Å². The molecule has 0 bridgehead atoms. The standard InChI is InChI=1S/C34H25IN3O4P/c1-21-7-12-26(17-31(21)43(39)41-32-20-34(32,42-43)25-13-15-36-16-14-25)40-33-37-29-18-27(28(35)19-30(29)38-33)24-10-8-23(9-11-24)22-5-3-2-4-6-22/h2-19,32H,20H2,1H3,(H,37,38). The van der Waals surface area contributed by atoms with Gasteiger partial charge in [-0.3, -0.25) is 18.6 Å². The Morgan fingerprint density at radius 1 is 0.930 bits per heavy atom. The summed E-state index contributed by atoms with van der Waals surface area (Å²) >= 11 is 2.36. The minimum Gasteiger partial charge on any atom is -0.426 e. The predicted molar refractivity (Wildman–Crippen MR) is 175 cm³/mol. The second kappa shape index (κ2) is 10.1. The van der Waals surface area contributed by atoms with Crippen molar-refractivity contribution in [3.05, 3.63) is 124 Å². The third-order valence-electron chi connectivity index (χ3n) is 8.11. The number of H-pyrrole nitrogens is 1. The van der Waals surface area contributed by atoms with Gasteiger partial charge < -0.3 is 9.72 Å². The lowest BCUT2D eigenvalue weighted by Crippen LogP contribution is -2.14. The summed E-state index contributed by atoms with van der Waals surface area (Å²) in [6.45, 7) is 1.89. The highest BCUT2D eigenvalue weighted by Gasteiger charge is 2.69. The van der Waals surface area contributed by atoms with Crippen molar-refractivity contribution in [3.63, 3.8) is 0 Å². The summed E-state index contributed by atoms with van der Waals surface area (Å²) in [5.41, 5.74) is 7.29. The summed E-state index contributed by atoms with van der Waals surface area (Å²) in [4.78, 5) is 12.1. The molecule has 1 aliphatic heterocycles. The van der Waals surface area contributed by atoms with Crippen LogP contribution in [0.15, 0.2) is 109 Å². The largest absolute Gasteiger partial charge is 0.426 e. The molecule has 2 fully saturated rings. The lowest BCUT2D eigenvalue weighted by Gasteiger charge is -2.19. The van der Waals surface area contributed by atoms with E-state index < -0.39 is 13.2 Å². The second-order valence-electron chi connectivity index (χ2n) is 10.9. The van der Waals surface area contributed by atoms with Gasteiger partial charge in [-0.15, -0.1) is 0 Å². The van der Waals surface area contributed by atoms with Crippen LogP contribution in [0.3, 0.4) is 0 Å². The Morgan fingerprint density at radius 3 is 2.47 bits per heavy atom. The van der Waals surface area contributed by atoms with E-state index in [1.165, 1.54) is 11.1 Å². The van der Waals surface area contributed by atoms with Crippen molar-refractivity contribution in [2.24, 2.45) is 0 Å². The fourth-order valence-corrected chi connectivity index (χ4v) is 8.88. The van der Waals surface area contributed by atoms with Crippen LogP contribution in [0.25, 0.3) is 33.3 Å². The molecule has 1 saturated heterocycles. The molecule has 8 rings (SSSR count). The molecule has 0 spiro atoms.